The van der Waals surface area contributed by atoms with Gasteiger partial charge in [0.1, 0.15) is 5.75 Å². The van der Waals surface area contributed by atoms with Gasteiger partial charge in [-0.2, -0.15) is 0 Å². The Labute approximate surface area is 157 Å². The van der Waals surface area contributed by atoms with Crippen LogP contribution in [0.3, 0.4) is 0 Å². The lowest BCUT2D eigenvalue weighted by Crippen LogP contribution is -2.61. The zero-order valence-corrected chi connectivity index (χ0v) is 15.2. The number of fused-ring (bicyclic) bond motifs is 1. The molecule has 0 atom stereocenters. The maximum absolute atomic E-state index is 12.4. The van der Waals surface area contributed by atoms with E-state index < -0.39 is 0 Å². The first-order valence-electron chi connectivity index (χ1n) is 9.67. The Morgan fingerprint density at radius 3 is 2.41 bits per heavy atom. The summed E-state index contributed by atoms with van der Waals surface area (Å²) in [7, 11) is 0. The number of aromatic amines is 1. The van der Waals surface area contributed by atoms with Crippen molar-refractivity contribution in [2.24, 2.45) is 0 Å². The minimum atomic E-state index is 0.00372. The molecule has 0 amide bonds. The van der Waals surface area contributed by atoms with Gasteiger partial charge in [-0.05, 0) is 37.1 Å². The van der Waals surface area contributed by atoms with Crippen LogP contribution in [0.1, 0.15) is 18.9 Å². The molecule has 2 fully saturated rings. The third kappa shape index (κ3) is 2.80. The van der Waals surface area contributed by atoms with Crippen LogP contribution in [0.5, 0.6) is 5.75 Å². The summed E-state index contributed by atoms with van der Waals surface area (Å²) in [5.41, 5.74) is 2.86. The van der Waals surface area contributed by atoms with E-state index in [9.17, 15) is 9.90 Å². The molecular weight excluding hydrogens is 340 g/mol. The lowest BCUT2D eigenvalue weighted by atomic mass is 9.98. The Bertz CT molecular complexity index is 1010. The van der Waals surface area contributed by atoms with Gasteiger partial charge in [-0.3, -0.25) is 9.47 Å². The number of nitrogens with one attached hydrogen (secondary N) is 1. The molecule has 6 nitrogen and oxygen atoms in total. The van der Waals surface area contributed by atoms with Gasteiger partial charge in [0.25, 0.3) is 0 Å². The topological polar surface area (TPSA) is 64.5 Å². The number of hydrogen-bond acceptors (Lipinski definition) is 4. The zero-order chi connectivity index (χ0) is 18.4. The molecule has 140 valence electrons. The Hall–Kier alpha value is -2.73. The minimum Gasteiger partial charge on any atom is -0.506 e. The molecule has 2 aliphatic rings. The van der Waals surface area contributed by atoms with E-state index in [0.29, 0.717) is 11.8 Å². The van der Waals surface area contributed by atoms with Gasteiger partial charge in [0.2, 0.25) is 0 Å². The van der Waals surface area contributed by atoms with Crippen LogP contribution in [0.15, 0.2) is 53.3 Å². The number of piperidine rings is 1. The van der Waals surface area contributed by atoms with Gasteiger partial charge in [0.15, 0.2) is 0 Å². The normalized spacial score (nSPS) is 19.5. The number of nitrogens with zero attached hydrogens (tertiary/aromatic N) is 3. The van der Waals surface area contributed by atoms with Crippen molar-refractivity contribution in [1.82, 2.24) is 14.5 Å². The first kappa shape index (κ1) is 16.4. The number of aromatic nitrogens is 2. The molecule has 2 saturated heterocycles. The summed E-state index contributed by atoms with van der Waals surface area (Å²) in [5.74, 6) is 0.355. The van der Waals surface area contributed by atoms with E-state index in [1.807, 2.05) is 47.0 Å². The highest BCUT2D eigenvalue weighted by molar-refractivity contribution is 5.75. The second-order valence-corrected chi connectivity index (χ2v) is 7.63. The van der Waals surface area contributed by atoms with Gasteiger partial charge in [0.05, 0.1) is 16.7 Å². The van der Waals surface area contributed by atoms with Crippen LogP contribution in [0.2, 0.25) is 0 Å². The summed E-state index contributed by atoms with van der Waals surface area (Å²) >= 11 is 0. The molecule has 2 aromatic carbocycles. The quantitative estimate of drug-likeness (QED) is 0.750. The van der Waals surface area contributed by atoms with Crippen molar-refractivity contribution >= 4 is 16.7 Å². The molecule has 1 aromatic heterocycles. The van der Waals surface area contributed by atoms with Crippen molar-refractivity contribution < 1.29 is 5.11 Å². The first-order valence-corrected chi connectivity index (χ1v) is 9.67. The number of likely N-dealkylation sites (tertiary alicyclic amines) is 1. The molecule has 27 heavy (non-hydrogen) atoms. The number of anilines is 1. The van der Waals surface area contributed by atoms with Crippen LogP contribution in [0, 0.1) is 0 Å². The molecule has 3 heterocycles. The average molecular weight is 364 g/mol. The molecule has 5 rings (SSSR count). The largest absolute Gasteiger partial charge is 0.506 e. The third-order valence-corrected chi connectivity index (χ3v) is 6.09. The van der Waals surface area contributed by atoms with Crippen molar-refractivity contribution in [1.29, 1.82) is 0 Å². The highest BCUT2D eigenvalue weighted by Gasteiger charge is 2.35. The van der Waals surface area contributed by atoms with Gasteiger partial charge in [-0.1, -0.05) is 24.3 Å². The second-order valence-electron chi connectivity index (χ2n) is 7.63. The van der Waals surface area contributed by atoms with Crippen LogP contribution in [0.4, 0.5) is 5.69 Å². The van der Waals surface area contributed by atoms with E-state index in [0.717, 1.165) is 55.7 Å². The Morgan fingerprint density at radius 2 is 1.63 bits per heavy atom. The van der Waals surface area contributed by atoms with Crippen molar-refractivity contribution in [3.05, 3.63) is 59.0 Å². The molecule has 0 spiro atoms. The summed E-state index contributed by atoms with van der Waals surface area (Å²) < 4.78 is 1.95. The van der Waals surface area contributed by atoms with E-state index >= 15 is 0 Å². The predicted molar refractivity (Wildman–Crippen MR) is 107 cm³/mol. The number of benzene rings is 2. The summed E-state index contributed by atoms with van der Waals surface area (Å²) in [6, 6.07) is 16.3. The third-order valence-electron chi connectivity index (χ3n) is 6.09. The number of para-hydroxylation sites is 4. The highest BCUT2D eigenvalue weighted by Crippen LogP contribution is 2.33. The predicted octanol–water partition coefficient (Wildman–Crippen LogP) is 2.56. The smallest absolute Gasteiger partial charge is 0.326 e. The number of rotatable bonds is 3. The van der Waals surface area contributed by atoms with Crippen molar-refractivity contribution in [2.75, 3.05) is 31.1 Å². The fourth-order valence-electron chi connectivity index (χ4n) is 4.56. The van der Waals surface area contributed by atoms with Crippen LogP contribution in [-0.2, 0) is 0 Å². The monoisotopic (exact) mass is 364 g/mol. The van der Waals surface area contributed by atoms with Gasteiger partial charge in [-0.15, -0.1) is 0 Å². The Balaban J connectivity index is 1.23. The van der Waals surface area contributed by atoms with Crippen molar-refractivity contribution in [3.63, 3.8) is 0 Å². The summed E-state index contributed by atoms with van der Waals surface area (Å²) in [6.45, 7) is 3.93. The molecule has 0 saturated carbocycles. The number of imidazole rings is 1. The zero-order valence-electron chi connectivity index (χ0n) is 15.2. The van der Waals surface area contributed by atoms with Crippen molar-refractivity contribution in [3.8, 4) is 5.75 Å². The number of hydrogen-bond donors (Lipinski definition) is 2. The van der Waals surface area contributed by atoms with Crippen LogP contribution >= 0.6 is 0 Å². The molecule has 2 aliphatic heterocycles. The first-order chi connectivity index (χ1) is 13.2. The molecule has 3 aromatic rings. The van der Waals surface area contributed by atoms with E-state index in [1.165, 1.54) is 0 Å². The minimum absolute atomic E-state index is 0.00372. The number of aromatic hydroxyl groups is 1. The Kier molecular flexibility index (Phi) is 3.93. The second kappa shape index (κ2) is 6.46. The number of H-pyrrole nitrogens is 1. The molecule has 2 N–H and O–H groups in total. The van der Waals surface area contributed by atoms with Gasteiger partial charge >= 0.3 is 5.69 Å². The van der Waals surface area contributed by atoms with Gasteiger partial charge in [-0.25, -0.2) is 4.79 Å². The lowest BCUT2D eigenvalue weighted by Gasteiger charge is -2.48. The lowest BCUT2D eigenvalue weighted by molar-refractivity contribution is 0.115. The highest BCUT2D eigenvalue weighted by atomic mass is 16.3. The van der Waals surface area contributed by atoms with Gasteiger partial charge in [0, 0.05) is 38.3 Å². The number of phenols is 1. The molecule has 0 bridgehead atoms. The molecular formula is C21H24N4O2. The van der Waals surface area contributed by atoms with E-state index in [1.54, 1.807) is 6.07 Å². The standard InChI is InChI=1S/C21H24N4O2/c26-20-8-4-3-7-19(20)24-13-16(14-24)23-11-9-15(10-12-23)25-18-6-2-1-5-17(18)22-21(25)27/h1-8,15-16,26H,9-14H2,(H,22,27). The Morgan fingerprint density at radius 1 is 0.926 bits per heavy atom. The fourth-order valence-corrected chi connectivity index (χ4v) is 4.56. The van der Waals surface area contributed by atoms with Crippen LogP contribution in [0.25, 0.3) is 11.0 Å². The van der Waals surface area contributed by atoms with Gasteiger partial charge < -0.3 is 15.0 Å². The maximum Gasteiger partial charge on any atom is 0.326 e. The summed E-state index contributed by atoms with van der Waals surface area (Å²) in [4.78, 5) is 20.2. The maximum atomic E-state index is 12.4. The molecule has 0 aliphatic carbocycles. The van der Waals surface area contributed by atoms with E-state index in [2.05, 4.69) is 14.8 Å². The molecule has 0 radical (unpaired) electrons. The average Bonchev–Trinajstić information content (AvgIpc) is 2.98. The van der Waals surface area contributed by atoms with Crippen molar-refractivity contribution in [2.45, 2.75) is 24.9 Å². The number of phenolic OH excluding ortho intramolecular Hbond substituents is 1. The summed E-state index contributed by atoms with van der Waals surface area (Å²) in [5, 5.41) is 10.0. The SMILES string of the molecule is O=c1[nH]c2ccccc2n1C1CCN(C2CN(c3ccccc3O)C2)CC1. The van der Waals surface area contributed by atoms with Crippen LogP contribution in [-0.4, -0.2) is 51.8 Å². The summed E-state index contributed by atoms with van der Waals surface area (Å²) in [6.07, 6.45) is 1.99. The molecule has 0 unspecified atom stereocenters. The van der Waals surface area contributed by atoms with Crippen LogP contribution < -0.4 is 10.6 Å². The van der Waals surface area contributed by atoms with E-state index in [-0.39, 0.29) is 11.7 Å². The van der Waals surface area contributed by atoms with E-state index in [4.69, 9.17) is 0 Å². The molecule has 6 heteroatoms. The fraction of sp³-hybridized carbons (Fsp3) is 0.381.